The van der Waals surface area contributed by atoms with E-state index in [4.69, 9.17) is 18.9 Å². The summed E-state index contributed by atoms with van der Waals surface area (Å²) in [5.41, 5.74) is 6.63. The molecule has 1 fully saturated rings. The number of nitrogens with one attached hydrogen (secondary N) is 1. The van der Waals surface area contributed by atoms with Crippen molar-refractivity contribution in [1.29, 1.82) is 0 Å². The minimum Gasteiger partial charge on any atom is -0.491 e. The summed E-state index contributed by atoms with van der Waals surface area (Å²) in [6.45, 7) is 9.37. The summed E-state index contributed by atoms with van der Waals surface area (Å²) in [6.07, 6.45) is 1.57. The van der Waals surface area contributed by atoms with Crippen LogP contribution >= 0.6 is 0 Å². The third-order valence-electron chi connectivity index (χ3n) is 8.71. The Kier molecular flexibility index (Phi) is 9.76. The number of nitrogens with zero attached hydrogens (tertiary/aromatic N) is 1. The lowest BCUT2D eigenvalue weighted by Crippen LogP contribution is -2.35. The van der Waals surface area contributed by atoms with Gasteiger partial charge in [0.25, 0.3) is 0 Å². The Morgan fingerprint density at radius 3 is 2.41 bits per heavy atom. The molecule has 2 aliphatic rings. The van der Waals surface area contributed by atoms with Crippen LogP contribution in [-0.2, 0) is 27.2 Å². The molecule has 1 saturated heterocycles. The second-order valence-electron chi connectivity index (χ2n) is 11.5. The number of carboxylic acid groups (broad SMARTS) is 1. The van der Waals surface area contributed by atoms with E-state index in [2.05, 4.69) is 38.2 Å². The van der Waals surface area contributed by atoms with Crippen LogP contribution in [0.2, 0.25) is 0 Å². The number of fused-ring (bicyclic) bond motifs is 1. The number of ether oxygens (including phenoxy) is 4. The monoisotopic (exact) mass is 602 g/mol. The molecule has 0 spiro atoms. The molecule has 3 aromatic carbocycles. The van der Waals surface area contributed by atoms with E-state index in [0.29, 0.717) is 37.0 Å². The third-order valence-corrected chi connectivity index (χ3v) is 8.71. The second kappa shape index (κ2) is 13.7. The summed E-state index contributed by atoms with van der Waals surface area (Å²) >= 11 is 0. The zero-order valence-corrected chi connectivity index (χ0v) is 26.1. The second-order valence-corrected chi connectivity index (χ2v) is 11.5. The highest BCUT2D eigenvalue weighted by molar-refractivity contribution is 5.94. The fourth-order valence-electron chi connectivity index (χ4n) is 6.72. The number of methoxy groups -OCH3 is 1. The van der Waals surface area contributed by atoms with E-state index in [9.17, 15) is 14.7 Å². The Balaban J connectivity index is 1.54. The molecule has 2 N–H and O–H groups in total. The molecule has 3 atom stereocenters. The number of likely N-dealkylation sites (tertiary alicyclic amines) is 1. The molecule has 0 aromatic heterocycles. The van der Waals surface area contributed by atoms with Crippen molar-refractivity contribution in [2.75, 3.05) is 45.5 Å². The number of benzene rings is 3. The normalized spacial score (nSPS) is 19.2. The molecule has 9 nitrogen and oxygen atoms in total. The number of carbonyl (C=O) groups excluding carboxylic acids is 1. The zero-order chi connectivity index (χ0) is 31.4. The van der Waals surface area contributed by atoms with Crippen LogP contribution in [0.25, 0.3) is 0 Å². The first-order valence-corrected chi connectivity index (χ1v) is 15.3. The van der Waals surface area contributed by atoms with Gasteiger partial charge in [0, 0.05) is 30.8 Å². The lowest BCUT2D eigenvalue weighted by molar-refractivity contribution is -0.143. The Morgan fingerprint density at radius 1 is 1.00 bits per heavy atom. The maximum Gasteiger partial charge on any atom is 0.309 e. The lowest BCUT2D eigenvalue weighted by Gasteiger charge is -2.28. The first kappa shape index (κ1) is 31.3. The molecule has 0 aliphatic carbocycles. The predicted molar refractivity (Wildman–Crippen MR) is 168 cm³/mol. The van der Waals surface area contributed by atoms with Crippen LogP contribution in [0.1, 0.15) is 59.2 Å². The van der Waals surface area contributed by atoms with Gasteiger partial charge in [0.05, 0.1) is 25.1 Å². The molecule has 5 rings (SSSR count). The number of aryl methyl sites for hydroxylation is 3. The van der Waals surface area contributed by atoms with Crippen LogP contribution in [0.3, 0.4) is 0 Å². The highest BCUT2D eigenvalue weighted by Crippen LogP contribution is 2.50. The van der Waals surface area contributed by atoms with Gasteiger partial charge in [-0.05, 0) is 61.1 Å². The van der Waals surface area contributed by atoms with Crippen molar-refractivity contribution in [3.63, 3.8) is 0 Å². The van der Waals surface area contributed by atoms with Crippen molar-refractivity contribution < 1.29 is 33.6 Å². The molecule has 2 heterocycles. The van der Waals surface area contributed by atoms with Gasteiger partial charge in [-0.15, -0.1) is 0 Å². The average molecular weight is 603 g/mol. The first-order valence-electron chi connectivity index (χ1n) is 15.3. The van der Waals surface area contributed by atoms with Crippen molar-refractivity contribution >= 4 is 17.6 Å². The summed E-state index contributed by atoms with van der Waals surface area (Å²) < 4.78 is 22.6. The highest BCUT2D eigenvalue weighted by Gasteiger charge is 2.49. The number of hydrogen-bond acceptors (Lipinski definition) is 7. The Morgan fingerprint density at radius 2 is 1.73 bits per heavy atom. The fourth-order valence-corrected chi connectivity index (χ4v) is 6.72. The minimum atomic E-state index is -0.938. The van der Waals surface area contributed by atoms with Crippen LogP contribution in [0.4, 0.5) is 5.69 Å². The third kappa shape index (κ3) is 6.25. The van der Waals surface area contributed by atoms with Crippen molar-refractivity contribution in [2.24, 2.45) is 5.92 Å². The maximum atomic E-state index is 13.8. The van der Waals surface area contributed by atoms with Gasteiger partial charge in [0.15, 0.2) is 11.5 Å². The number of rotatable bonds is 12. The summed E-state index contributed by atoms with van der Waals surface area (Å²) in [7, 11) is 1.60. The number of carboxylic acids is 1. The Labute approximate surface area is 259 Å². The molecule has 2 aliphatic heterocycles. The van der Waals surface area contributed by atoms with Crippen LogP contribution in [0.5, 0.6) is 17.2 Å². The average Bonchev–Trinajstić information content (AvgIpc) is 3.64. The van der Waals surface area contributed by atoms with E-state index in [1.54, 1.807) is 7.11 Å². The fraction of sp³-hybridized carbons (Fsp3) is 0.429. The Bertz CT molecular complexity index is 1500. The molecule has 44 heavy (non-hydrogen) atoms. The number of amides is 1. The SMILES string of the molecule is CCc1cc(C)cc(CC)c1NC(=O)CN1C[C@H](c2ccc3c(c2C)OCO3)C(C(=O)O)[C@@H]1c1ccccc1OCCOC. The smallest absolute Gasteiger partial charge is 0.309 e. The van der Waals surface area contributed by atoms with Gasteiger partial charge in [-0.25, -0.2) is 0 Å². The zero-order valence-electron chi connectivity index (χ0n) is 26.1. The number of carbonyl (C=O) groups is 2. The molecule has 9 heteroatoms. The van der Waals surface area contributed by atoms with Gasteiger partial charge >= 0.3 is 5.97 Å². The lowest BCUT2D eigenvalue weighted by atomic mass is 9.81. The van der Waals surface area contributed by atoms with E-state index in [1.807, 2.05) is 48.2 Å². The molecular weight excluding hydrogens is 560 g/mol. The molecule has 1 unspecified atom stereocenters. The molecule has 0 bridgehead atoms. The molecule has 1 amide bonds. The molecule has 0 radical (unpaired) electrons. The topological polar surface area (TPSA) is 107 Å². The largest absolute Gasteiger partial charge is 0.491 e. The standard InChI is InChI=1S/C35H42N2O7/c1-6-23-16-21(3)17-24(7-2)32(23)36-30(38)19-37-18-27(25-12-13-29-34(22(25)4)44-20-43-29)31(35(39)40)33(37)26-10-8-9-11-28(26)42-15-14-41-5/h8-13,16-17,27,31,33H,6-7,14-15,18-20H2,1-5H3,(H,36,38)(H,39,40)/t27-,31?,33+/m1/s1. The molecule has 0 saturated carbocycles. The van der Waals surface area contributed by atoms with Crippen molar-refractivity contribution in [1.82, 2.24) is 4.90 Å². The van der Waals surface area contributed by atoms with E-state index >= 15 is 0 Å². The van der Waals surface area contributed by atoms with Gasteiger partial charge < -0.3 is 29.4 Å². The van der Waals surface area contributed by atoms with E-state index < -0.39 is 23.8 Å². The number of aliphatic carboxylic acids is 1. The van der Waals surface area contributed by atoms with Crippen LogP contribution in [0, 0.1) is 19.8 Å². The first-order chi connectivity index (χ1) is 21.3. The summed E-state index contributed by atoms with van der Waals surface area (Å²) in [6, 6.07) is 14.8. The van der Waals surface area contributed by atoms with Gasteiger partial charge in [-0.3, -0.25) is 14.5 Å². The van der Waals surface area contributed by atoms with Gasteiger partial charge in [-0.2, -0.15) is 0 Å². The molecule has 234 valence electrons. The number of anilines is 1. The summed E-state index contributed by atoms with van der Waals surface area (Å²) in [5, 5.41) is 14.0. The Hall–Kier alpha value is -4.08. The van der Waals surface area contributed by atoms with Crippen molar-refractivity contribution in [3.8, 4) is 17.2 Å². The van der Waals surface area contributed by atoms with Gasteiger partial charge in [0.2, 0.25) is 12.7 Å². The van der Waals surface area contributed by atoms with Crippen molar-refractivity contribution in [2.45, 2.75) is 52.5 Å². The van der Waals surface area contributed by atoms with E-state index in [-0.39, 0.29) is 19.2 Å². The maximum absolute atomic E-state index is 13.8. The van der Waals surface area contributed by atoms with E-state index in [0.717, 1.165) is 51.9 Å². The van der Waals surface area contributed by atoms with Crippen molar-refractivity contribution in [3.05, 3.63) is 81.9 Å². The van der Waals surface area contributed by atoms with Gasteiger partial charge in [-0.1, -0.05) is 55.8 Å². The van der Waals surface area contributed by atoms with Gasteiger partial charge in [0.1, 0.15) is 12.4 Å². The van der Waals surface area contributed by atoms with E-state index in [1.165, 1.54) is 0 Å². The molecule has 3 aromatic rings. The highest BCUT2D eigenvalue weighted by atomic mass is 16.7. The summed E-state index contributed by atoms with van der Waals surface area (Å²) in [4.78, 5) is 29.0. The molecular formula is C35H42N2O7. The van der Waals surface area contributed by atoms with Crippen LogP contribution in [0.15, 0.2) is 48.5 Å². The predicted octanol–water partition coefficient (Wildman–Crippen LogP) is 5.66. The van der Waals surface area contributed by atoms with Crippen LogP contribution in [-0.4, -0.2) is 62.1 Å². The number of para-hydroxylation sites is 1. The minimum absolute atomic E-state index is 0.0150. The van der Waals surface area contributed by atoms with Crippen LogP contribution < -0.4 is 19.5 Å². The number of hydrogen-bond donors (Lipinski definition) is 2. The quantitative estimate of drug-likeness (QED) is 0.256. The summed E-state index contributed by atoms with van der Waals surface area (Å²) in [5.74, 6) is -0.526.